The fourth-order valence-electron chi connectivity index (χ4n) is 12.9. The van der Waals surface area contributed by atoms with Gasteiger partial charge in [-0.05, 0) is 126 Å². The number of hydrogen-bond donors (Lipinski definition) is 2. The van der Waals surface area contributed by atoms with Gasteiger partial charge in [0.1, 0.15) is 100 Å². The number of carboxylic acid groups (broad SMARTS) is 1. The summed E-state index contributed by atoms with van der Waals surface area (Å²) in [4.78, 5) is 84.4. The Morgan fingerprint density at radius 3 is 1.01 bits per heavy atom. The molecule has 2 N–H and O–H groups in total. The predicted molar refractivity (Wildman–Crippen MR) is 469 cm³/mol. The minimum absolute atomic E-state index is 0.0186. The number of hydrogen-bond acceptors (Lipinski definition) is 23. The van der Waals surface area contributed by atoms with Gasteiger partial charge >= 0.3 is 29.8 Å². The number of ether oxygens (including phenoxy) is 4. The second-order valence-electron chi connectivity index (χ2n) is 27.4. The zero-order valence-electron chi connectivity index (χ0n) is 69.3. The molecule has 129 heavy (non-hydrogen) atoms. The summed E-state index contributed by atoms with van der Waals surface area (Å²) in [7, 11) is 4.87. The third kappa shape index (κ3) is 20.9. The number of rotatable bonds is 19. The van der Waals surface area contributed by atoms with Crippen LogP contribution in [-0.2, 0) is 18.9 Å². The van der Waals surface area contributed by atoms with Crippen LogP contribution in [0.5, 0.6) is 0 Å². The number of aromatic nitrogens is 15. The third-order valence-electron chi connectivity index (χ3n) is 18.7. The van der Waals surface area contributed by atoms with Gasteiger partial charge in [-0.25, -0.2) is 88.5 Å². The van der Waals surface area contributed by atoms with Gasteiger partial charge in [-0.3, -0.25) is 0 Å². The molecule has 29 nitrogen and oxygen atoms in total. The zero-order valence-corrected chi connectivity index (χ0v) is 73.8. The van der Waals surface area contributed by atoms with Crippen LogP contribution in [0.15, 0.2) is 158 Å². The van der Waals surface area contributed by atoms with Crippen molar-refractivity contribution in [3.63, 3.8) is 0 Å². The number of para-hydroxylation sites is 4. The van der Waals surface area contributed by atoms with Crippen LogP contribution >= 0.6 is 69.6 Å². The van der Waals surface area contributed by atoms with Crippen LogP contribution in [0.4, 0.5) is 81.1 Å². The Hall–Kier alpha value is -13.9. The molecule has 0 saturated carbocycles. The number of halogens is 14. The molecule has 0 saturated heterocycles. The molecule has 0 unspecified atom stereocenters. The van der Waals surface area contributed by atoms with Gasteiger partial charge in [-0.1, -0.05) is 118 Å². The highest BCUT2D eigenvalue weighted by Gasteiger charge is 2.28. The van der Waals surface area contributed by atoms with Crippen LogP contribution < -0.4 is 20.0 Å². The number of aromatic carboxylic acids is 1. The van der Waals surface area contributed by atoms with Gasteiger partial charge in [0, 0.05) is 92.9 Å². The molecule has 0 amide bonds. The van der Waals surface area contributed by atoms with E-state index >= 15 is 0 Å². The van der Waals surface area contributed by atoms with Crippen LogP contribution in [-0.4, -0.2) is 156 Å². The fourth-order valence-corrected chi connectivity index (χ4v) is 14.0. The maximum absolute atomic E-state index is 14.7. The highest BCUT2D eigenvalue weighted by atomic mass is 35.5. The summed E-state index contributed by atoms with van der Waals surface area (Å²) in [6, 6.07) is 37.3. The van der Waals surface area contributed by atoms with E-state index in [4.69, 9.17) is 88.6 Å². The first-order valence-electron chi connectivity index (χ1n) is 38.3. The van der Waals surface area contributed by atoms with E-state index < -0.39 is 80.6 Å². The van der Waals surface area contributed by atoms with Crippen LogP contribution in [0.2, 0.25) is 30.7 Å². The lowest BCUT2D eigenvalue weighted by atomic mass is 10.1. The van der Waals surface area contributed by atoms with Crippen molar-refractivity contribution in [2.45, 2.75) is 55.4 Å². The number of anilines is 8. The highest BCUT2D eigenvalue weighted by molar-refractivity contribution is 6.34. The van der Waals surface area contributed by atoms with Crippen LogP contribution in [0.25, 0.3) is 50.8 Å². The Morgan fingerprint density at radius 1 is 0.357 bits per heavy atom. The number of benzene rings is 6. The van der Waals surface area contributed by atoms with E-state index in [-0.39, 0.29) is 132 Å². The molecule has 0 aliphatic carbocycles. The fraction of sp³-hybridized carbons (Fsp3) is 0.174. The summed E-state index contributed by atoms with van der Waals surface area (Å²) in [5, 5.41) is 32.6. The predicted octanol–water partition coefficient (Wildman–Crippen LogP) is 20.7. The Morgan fingerprint density at radius 2 is 0.651 bits per heavy atom. The molecule has 0 atom stereocenters. The third-order valence-corrected chi connectivity index (χ3v) is 20.3. The number of carboxylic acids is 1. The maximum atomic E-state index is 14.7. The van der Waals surface area contributed by atoms with Crippen LogP contribution in [0.3, 0.4) is 0 Å². The van der Waals surface area contributed by atoms with Gasteiger partial charge in [-0.15, -0.1) is 0 Å². The van der Waals surface area contributed by atoms with E-state index in [9.17, 15) is 64.2 Å². The van der Waals surface area contributed by atoms with E-state index in [1.54, 1.807) is 123 Å². The molecule has 0 aliphatic rings. The molecule has 16 aromatic rings. The van der Waals surface area contributed by atoms with Gasteiger partial charge in [0.05, 0.1) is 60.6 Å². The van der Waals surface area contributed by atoms with Crippen molar-refractivity contribution in [3.05, 3.63) is 286 Å². The van der Waals surface area contributed by atoms with Crippen LogP contribution in [0.1, 0.15) is 102 Å². The molecule has 43 heteroatoms. The summed E-state index contributed by atoms with van der Waals surface area (Å²) >= 11 is 34.9. The van der Waals surface area contributed by atoms with Gasteiger partial charge < -0.3 is 44.1 Å². The number of carbonyl (C=O) groups is 5. The standard InChI is InChI=1S/C23H18ClF3N4O2.C21H14ClF3N4O2.C17H16ClFN4O2.C16H14ClFN4O2.C9H7Cl2N3O2/c1-4-33-23(32)18-10-19-28-17(13-8-15(26)21(24)16(27)9-13)11-20(31(19)29-18)30(3)22-12(2)6-5-7-14(22)25;1-10-4-3-5-12(23)20(10)28(2)18-9-15(11-6-13(24)19(22)14(25)7-11)26-17-8-16(21(30)31)27-29(17)18;1-4-25-17(24)12-8-14-20-13(18)9-15(23(14)21-12)22(3)16-10(2)6-5-7-11(16)19;1-3-24-16(23)11-7-13-19-12(17)8-14(22(13)21-11)20-15-9(2)5-4-6-10(15)18;1-2-16-9(15)5-3-8-12-6(10)4-7(11)14(8)13-5/h5-11H,4H2,1-3H3;3-9H,1-2H3,(H,30,31);5-9H,4H2,1-3H3;4-8,20H,3H2,1-2H3;3-4H,2H2,1H3. The van der Waals surface area contributed by atoms with E-state index in [1.807, 2.05) is 13.0 Å². The van der Waals surface area contributed by atoms with E-state index in [2.05, 4.69) is 55.7 Å². The average Bonchev–Trinajstić information content (AvgIpc) is 1.68. The second kappa shape index (κ2) is 40.4. The number of carbonyl (C=O) groups excluding carboxylic acids is 4. The Kier molecular flexibility index (Phi) is 29.5. The molecule has 666 valence electrons. The van der Waals surface area contributed by atoms with Gasteiger partial charge in [0.2, 0.25) is 0 Å². The number of nitrogens with zero attached hydrogens (tertiary/aromatic N) is 18. The molecule has 0 radical (unpaired) electrons. The van der Waals surface area contributed by atoms with Crippen molar-refractivity contribution in [1.82, 2.24) is 73.0 Å². The SMILES string of the molecule is CCOC(=O)c1cc2nc(-c3cc(F)c(Cl)c(F)c3)cc(N(C)c3c(C)cccc3F)n2n1.CCOC(=O)c1cc2nc(Cl)cc(Cl)n2n1.CCOC(=O)c1cc2nc(Cl)cc(N(C)c3c(C)cccc3F)n2n1.CCOC(=O)c1cc2nc(Cl)cc(Nc3c(C)cccc3F)n2n1.Cc1cccc(F)c1N(C)c1cc(-c2cc(F)c(Cl)c(F)c2)nc2cc(C(=O)O)nn12. The maximum Gasteiger partial charge on any atom is 0.358 e. The molecule has 0 spiro atoms. The molecule has 16 rings (SSSR count). The first-order valence-corrected chi connectivity index (χ1v) is 40.5. The highest BCUT2D eigenvalue weighted by Crippen LogP contribution is 2.39. The Labute approximate surface area is 756 Å². The van der Waals surface area contributed by atoms with Crippen molar-refractivity contribution in [1.29, 1.82) is 0 Å². The van der Waals surface area contributed by atoms with E-state index in [0.717, 1.165) is 29.8 Å². The lowest BCUT2D eigenvalue weighted by Crippen LogP contribution is -2.17. The number of aryl methyl sites for hydroxylation is 4. The molecular weight excluding hydrogens is 1820 g/mol. The van der Waals surface area contributed by atoms with Crippen LogP contribution in [0, 0.1) is 74.2 Å². The quantitative estimate of drug-likeness (QED) is 0.0250. The summed E-state index contributed by atoms with van der Waals surface area (Å²) in [6.45, 7) is 14.7. The van der Waals surface area contributed by atoms with Gasteiger partial charge in [0.15, 0.2) is 56.7 Å². The Balaban J connectivity index is 0.000000149. The molecule has 0 fully saturated rings. The summed E-state index contributed by atoms with van der Waals surface area (Å²) in [5.74, 6) is -7.82. The topological polar surface area (TPSA) is 315 Å². The Bertz CT molecular complexity index is 6940. The zero-order chi connectivity index (χ0) is 93.4. The molecule has 10 heterocycles. The molecule has 0 bridgehead atoms. The summed E-state index contributed by atoms with van der Waals surface area (Å²) in [6.07, 6.45) is 0. The van der Waals surface area contributed by atoms with Crippen molar-refractivity contribution in [2.24, 2.45) is 0 Å². The average molecular weight is 1890 g/mol. The first-order chi connectivity index (χ1) is 61.4. The van der Waals surface area contributed by atoms with Crippen molar-refractivity contribution in [2.75, 3.05) is 67.6 Å². The summed E-state index contributed by atoms with van der Waals surface area (Å²) < 4.78 is 140. The minimum atomic E-state index is -1.29. The van der Waals surface area contributed by atoms with E-state index in [1.165, 1.54) is 111 Å². The lowest BCUT2D eigenvalue weighted by Gasteiger charge is -2.23. The van der Waals surface area contributed by atoms with Gasteiger partial charge in [-0.2, -0.15) is 43.6 Å². The largest absolute Gasteiger partial charge is 0.476 e. The second-order valence-corrected chi connectivity index (χ2v) is 29.7. The molecule has 6 aromatic carbocycles. The monoisotopic (exact) mass is 1890 g/mol. The van der Waals surface area contributed by atoms with Crippen molar-refractivity contribution >= 4 is 174 Å². The molecule has 0 aliphatic heterocycles. The van der Waals surface area contributed by atoms with E-state index in [0.29, 0.717) is 62.5 Å². The number of nitrogens with one attached hydrogen (secondary N) is 1. The number of esters is 4. The van der Waals surface area contributed by atoms with Crippen molar-refractivity contribution < 1.29 is 83.1 Å². The normalized spacial score (nSPS) is 11.0. The molecular formula is C86H69Cl6F8N19O10. The minimum Gasteiger partial charge on any atom is -0.476 e. The smallest absolute Gasteiger partial charge is 0.358 e. The van der Waals surface area contributed by atoms with Crippen molar-refractivity contribution in [3.8, 4) is 22.5 Å². The molecule has 10 aromatic heterocycles. The lowest BCUT2D eigenvalue weighted by molar-refractivity contribution is 0.0509. The van der Waals surface area contributed by atoms with Gasteiger partial charge in [0.25, 0.3) is 0 Å². The number of fused-ring (bicyclic) bond motifs is 5. The first kappa shape index (κ1) is 94.3. The summed E-state index contributed by atoms with van der Waals surface area (Å²) in [5.41, 5.74) is 5.82.